The number of rotatable bonds is 6. The molecule has 0 atom stereocenters. The van der Waals surface area contributed by atoms with E-state index in [2.05, 4.69) is 38.5 Å². The lowest BCUT2D eigenvalue weighted by atomic mass is 10.2. The molecule has 2 aromatic rings. The lowest BCUT2D eigenvalue weighted by Gasteiger charge is -2.10. The first-order chi connectivity index (χ1) is 11.6. The molecule has 3 N–H and O–H groups in total. The van der Waals surface area contributed by atoms with E-state index in [9.17, 15) is 9.59 Å². The molecular formula is C17H18IN3O3. The Morgan fingerprint density at radius 2 is 1.79 bits per heavy atom. The average molecular weight is 439 g/mol. The summed E-state index contributed by atoms with van der Waals surface area (Å²) >= 11 is 2.15. The molecule has 0 aromatic heterocycles. The van der Waals surface area contributed by atoms with Crippen molar-refractivity contribution >= 4 is 40.2 Å². The van der Waals surface area contributed by atoms with Crippen LogP contribution in [-0.4, -0.2) is 32.1 Å². The van der Waals surface area contributed by atoms with Crippen LogP contribution in [0.2, 0.25) is 0 Å². The van der Waals surface area contributed by atoms with Crippen LogP contribution in [0, 0.1) is 3.57 Å². The molecule has 0 aliphatic carbocycles. The van der Waals surface area contributed by atoms with E-state index < -0.39 is 0 Å². The van der Waals surface area contributed by atoms with Crippen molar-refractivity contribution in [1.29, 1.82) is 0 Å². The van der Waals surface area contributed by atoms with Crippen LogP contribution < -0.4 is 20.7 Å². The predicted molar refractivity (Wildman–Crippen MR) is 102 cm³/mol. The summed E-state index contributed by atoms with van der Waals surface area (Å²) in [4.78, 5) is 23.8. The standard InChI is InChI=1S/C17H18IN3O3/c1-24-13-6-4-5-12(11-13)16(22)19-9-10-20-17(23)21-15-8-3-2-7-14(15)18/h2-8,11H,9-10H2,1H3,(H,19,22)(H2,20,21,23). The zero-order chi connectivity index (χ0) is 17.4. The average Bonchev–Trinajstić information content (AvgIpc) is 2.60. The van der Waals surface area contributed by atoms with Gasteiger partial charge in [0.25, 0.3) is 5.91 Å². The Bertz CT molecular complexity index is 722. The fraction of sp³-hybridized carbons (Fsp3) is 0.176. The van der Waals surface area contributed by atoms with Crippen molar-refractivity contribution in [2.45, 2.75) is 0 Å². The molecule has 3 amide bonds. The number of para-hydroxylation sites is 1. The van der Waals surface area contributed by atoms with Crippen molar-refractivity contribution in [2.75, 3.05) is 25.5 Å². The van der Waals surface area contributed by atoms with Crippen LogP contribution in [0.5, 0.6) is 5.75 Å². The van der Waals surface area contributed by atoms with Gasteiger partial charge in [-0.05, 0) is 52.9 Å². The Kier molecular flexibility index (Phi) is 6.86. The second-order valence-corrected chi connectivity index (χ2v) is 6.01. The maximum atomic E-state index is 12.0. The van der Waals surface area contributed by atoms with Crippen LogP contribution in [0.4, 0.5) is 10.5 Å². The highest BCUT2D eigenvalue weighted by molar-refractivity contribution is 14.1. The number of hydrogen-bond acceptors (Lipinski definition) is 3. The maximum Gasteiger partial charge on any atom is 0.319 e. The number of carbonyl (C=O) groups excluding carboxylic acids is 2. The topological polar surface area (TPSA) is 79.5 Å². The third-order valence-electron chi connectivity index (χ3n) is 3.15. The minimum atomic E-state index is -0.310. The van der Waals surface area contributed by atoms with E-state index in [0.29, 0.717) is 24.4 Å². The number of benzene rings is 2. The van der Waals surface area contributed by atoms with Gasteiger partial charge in [-0.3, -0.25) is 4.79 Å². The fourth-order valence-electron chi connectivity index (χ4n) is 1.95. The van der Waals surface area contributed by atoms with Crippen molar-refractivity contribution in [3.05, 3.63) is 57.7 Å². The van der Waals surface area contributed by atoms with Gasteiger partial charge in [0.15, 0.2) is 0 Å². The minimum Gasteiger partial charge on any atom is -0.497 e. The molecule has 0 aliphatic heterocycles. The summed E-state index contributed by atoms with van der Waals surface area (Å²) in [6.07, 6.45) is 0. The van der Waals surface area contributed by atoms with Crippen LogP contribution in [0.3, 0.4) is 0 Å². The molecule has 0 aliphatic rings. The Hall–Kier alpha value is -2.29. The quantitative estimate of drug-likeness (QED) is 0.479. The van der Waals surface area contributed by atoms with Crippen LogP contribution in [0.1, 0.15) is 10.4 Å². The third-order valence-corrected chi connectivity index (χ3v) is 4.09. The monoisotopic (exact) mass is 439 g/mol. The Balaban J connectivity index is 1.73. The molecule has 126 valence electrons. The van der Waals surface area contributed by atoms with Crippen molar-refractivity contribution < 1.29 is 14.3 Å². The van der Waals surface area contributed by atoms with Gasteiger partial charge in [0.05, 0.1) is 12.8 Å². The molecule has 0 saturated carbocycles. The summed E-state index contributed by atoms with van der Waals surface area (Å²) in [6, 6.07) is 14.1. The normalized spacial score (nSPS) is 9.92. The maximum absolute atomic E-state index is 12.0. The molecule has 24 heavy (non-hydrogen) atoms. The van der Waals surface area contributed by atoms with E-state index in [-0.39, 0.29) is 11.9 Å². The Morgan fingerprint density at radius 1 is 1.04 bits per heavy atom. The van der Waals surface area contributed by atoms with Crippen molar-refractivity contribution in [2.24, 2.45) is 0 Å². The predicted octanol–water partition coefficient (Wildman–Crippen LogP) is 2.85. The molecule has 2 aromatic carbocycles. The van der Waals surface area contributed by atoms with E-state index >= 15 is 0 Å². The second kappa shape index (κ2) is 9.11. The van der Waals surface area contributed by atoms with Crippen LogP contribution in [0.15, 0.2) is 48.5 Å². The van der Waals surface area contributed by atoms with Gasteiger partial charge in [0, 0.05) is 22.2 Å². The number of nitrogens with one attached hydrogen (secondary N) is 3. The molecule has 6 nitrogen and oxygen atoms in total. The summed E-state index contributed by atoms with van der Waals surface area (Å²) in [5.74, 6) is 0.409. The third kappa shape index (κ3) is 5.41. The summed E-state index contributed by atoms with van der Waals surface area (Å²) in [5, 5.41) is 8.20. The van der Waals surface area contributed by atoms with Gasteiger partial charge in [0.1, 0.15) is 5.75 Å². The van der Waals surface area contributed by atoms with Gasteiger partial charge >= 0.3 is 6.03 Å². The summed E-state index contributed by atoms with van der Waals surface area (Å²) < 4.78 is 6.04. The highest BCUT2D eigenvalue weighted by Crippen LogP contribution is 2.16. The highest BCUT2D eigenvalue weighted by Gasteiger charge is 2.07. The fourth-order valence-corrected chi connectivity index (χ4v) is 2.47. The summed E-state index contributed by atoms with van der Waals surface area (Å²) in [7, 11) is 1.55. The van der Waals surface area contributed by atoms with Crippen molar-refractivity contribution in [3.63, 3.8) is 0 Å². The van der Waals surface area contributed by atoms with Gasteiger partial charge in [0.2, 0.25) is 0 Å². The summed E-state index contributed by atoms with van der Waals surface area (Å²) in [5.41, 5.74) is 1.26. The number of carbonyl (C=O) groups is 2. The van der Waals surface area contributed by atoms with Gasteiger partial charge in [-0.15, -0.1) is 0 Å². The zero-order valence-electron chi connectivity index (χ0n) is 13.1. The lowest BCUT2D eigenvalue weighted by Crippen LogP contribution is -2.36. The molecule has 0 spiro atoms. The number of urea groups is 1. The smallest absolute Gasteiger partial charge is 0.319 e. The Labute approximate surface area is 154 Å². The van der Waals surface area contributed by atoms with Crippen LogP contribution in [-0.2, 0) is 0 Å². The molecule has 0 fully saturated rings. The number of hydrogen-bond donors (Lipinski definition) is 3. The number of methoxy groups -OCH3 is 1. The number of halogens is 1. The molecule has 2 rings (SSSR count). The first-order valence-corrected chi connectivity index (χ1v) is 8.39. The molecule has 0 radical (unpaired) electrons. The van der Waals surface area contributed by atoms with Crippen LogP contribution in [0.25, 0.3) is 0 Å². The highest BCUT2D eigenvalue weighted by atomic mass is 127. The first kappa shape index (κ1) is 18.1. The van der Waals surface area contributed by atoms with Gasteiger partial charge in [-0.1, -0.05) is 18.2 Å². The first-order valence-electron chi connectivity index (χ1n) is 7.32. The molecular weight excluding hydrogens is 421 g/mol. The van der Waals surface area contributed by atoms with E-state index in [1.54, 1.807) is 31.4 Å². The number of amides is 3. The van der Waals surface area contributed by atoms with E-state index in [4.69, 9.17) is 4.74 Å². The van der Waals surface area contributed by atoms with Crippen molar-refractivity contribution in [3.8, 4) is 5.75 Å². The zero-order valence-corrected chi connectivity index (χ0v) is 15.3. The van der Waals surface area contributed by atoms with E-state index in [1.807, 2.05) is 24.3 Å². The molecule has 0 unspecified atom stereocenters. The van der Waals surface area contributed by atoms with Gasteiger partial charge in [-0.25, -0.2) is 4.79 Å². The molecule has 0 saturated heterocycles. The largest absolute Gasteiger partial charge is 0.497 e. The molecule has 7 heteroatoms. The Morgan fingerprint density at radius 3 is 2.54 bits per heavy atom. The van der Waals surface area contributed by atoms with Gasteiger partial charge in [-0.2, -0.15) is 0 Å². The molecule has 0 heterocycles. The number of ether oxygens (including phenoxy) is 1. The lowest BCUT2D eigenvalue weighted by molar-refractivity contribution is 0.0953. The summed E-state index contributed by atoms with van der Waals surface area (Å²) in [6.45, 7) is 0.653. The number of anilines is 1. The van der Waals surface area contributed by atoms with Gasteiger partial charge < -0.3 is 20.7 Å². The van der Waals surface area contributed by atoms with Crippen LogP contribution >= 0.6 is 22.6 Å². The minimum absolute atomic E-state index is 0.214. The van der Waals surface area contributed by atoms with E-state index in [1.165, 1.54) is 0 Å². The van der Waals surface area contributed by atoms with Crippen molar-refractivity contribution in [1.82, 2.24) is 10.6 Å². The second-order valence-electron chi connectivity index (χ2n) is 4.85. The molecule has 0 bridgehead atoms. The SMILES string of the molecule is COc1cccc(C(=O)NCCNC(=O)Nc2ccccc2I)c1. The van der Waals surface area contributed by atoms with E-state index in [0.717, 1.165) is 9.26 Å².